The molecule has 1 aliphatic rings. The SMILES string of the molecule is CC(C)(C)OC(=O)Nc1ncnc(Cl)c1C(O)C1CC1. The summed E-state index contributed by atoms with van der Waals surface area (Å²) in [7, 11) is 0. The molecule has 2 N–H and O–H groups in total. The normalized spacial score (nSPS) is 16.6. The molecule has 0 saturated heterocycles. The predicted molar refractivity (Wildman–Crippen MR) is 74.6 cm³/mol. The van der Waals surface area contributed by atoms with Gasteiger partial charge in [-0.3, -0.25) is 5.32 Å². The number of halogens is 1. The second-order valence-electron chi connectivity index (χ2n) is 5.84. The Kier molecular flexibility index (Phi) is 4.15. The second-order valence-corrected chi connectivity index (χ2v) is 6.19. The minimum Gasteiger partial charge on any atom is -0.444 e. The van der Waals surface area contributed by atoms with Crippen LogP contribution in [0.5, 0.6) is 0 Å². The van der Waals surface area contributed by atoms with Crippen LogP contribution in [-0.2, 0) is 4.74 Å². The van der Waals surface area contributed by atoms with Crippen LogP contribution in [0.3, 0.4) is 0 Å². The molecule has 1 saturated carbocycles. The molecular weight excluding hydrogens is 282 g/mol. The van der Waals surface area contributed by atoms with Crippen molar-refractivity contribution in [3.05, 3.63) is 17.0 Å². The number of aliphatic hydroxyl groups is 1. The number of rotatable bonds is 3. The number of nitrogens with zero attached hydrogens (tertiary/aromatic N) is 2. The quantitative estimate of drug-likeness (QED) is 0.838. The van der Waals surface area contributed by atoms with Crippen LogP contribution in [0.1, 0.15) is 45.3 Å². The lowest BCUT2D eigenvalue weighted by molar-refractivity contribution is 0.0634. The lowest BCUT2D eigenvalue weighted by Gasteiger charge is -2.21. The van der Waals surface area contributed by atoms with Crippen LogP contribution >= 0.6 is 11.6 Å². The van der Waals surface area contributed by atoms with Crippen molar-refractivity contribution >= 4 is 23.5 Å². The van der Waals surface area contributed by atoms with E-state index in [0.29, 0.717) is 5.56 Å². The number of carbonyl (C=O) groups excluding carboxylic acids is 1. The van der Waals surface area contributed by atoms with Gasteiger partial charge in [-0.2, -0.15) is 0 Å². The first-order valence-electron chi connectivity index (χ1n) is 6.46. The number of hydrogen-bond acceptors (Lipinski definition) is 5. The van der Waals surface area contributed by atoms with E-state index in [9.17, 15) is 9.90 Å². The van der Waals surface area contributed by atoms with Crippen molar-refractivity contribution in [3.63, 3.8) is 0 Å². The molecular formula is C13H18ClN3O3. The molecule has 0 aliphatic heterocycles. The number of amides is 1. The first-order valence-corrected chi connectivity index (χ1v) is 6.84. The van der Waals surface area contributed by atoms with E-state index >= 15 is 0 Å². The molecule has 1 atom stereocenters. The van der Waals surface area contributed by atoms with Crippen LogP contribution < -0.4 is 5.32 Å². The van der Waals surface area contributed by atoms with Crippen molar-refractivity contribution in [1.29, 1.82) is 0 Å². The van der Waals surface area contributed by atoms with Gasteiger partial charge >= 0.3 is 6.09 Å². The van der Waals surface area contributed by atoms with Gasteiger partial charge in [0.1, 0.15) is 22.9 Å². The molecule has 1 heterocycles. The van der Waals surface area contributed by atoms with Crippen LogP contribution in [0.15, 0.2) is 6.33 Å². The summed E-state index contributed by atoms with van der Waals surface area (Å²) in [6.07, 6.45) is 1.68. The van der Waals surface area contributed by atoms with E-state index in [-0.39, 0.29) is 16.9 Å². The van der Waals surface area contributed by atoms with E-state index in [2.05, 4.69) is 15.3 Å². The van der Waals surface area contributed by atoms with Gasteiger partial charge in [-0.25, -0.2) is 14.8 Å². The highest BCUT2D eigenvalue weighted by Crippen LogP contribution is 2.44. The Morgan fingerprint density at radius 3 is 2.70 bits per heavy atom. The molecule has 1 aliphatic carbocycles. The molecule has 0 spiro atoms. The van der Waals surface area contributed by atoms with Crippen molar-refractivity contribution in [2.24, 2.45) is 5.92 Å². The summed E-state index contributed by atoms with van der Waals surface area (Å²) in [5.41, 5.74) is -0.265. The van der Waals surface area contributed by atoms with E-state index in [1.54, 1.807) is 20.8 Å². The average molecular weight is 300 g/mol. The minimum atomic E-state index is -0.770. The summed E-state index contributed by atoms with van der Waals surface area (Å²) in [6, 6.07) is 0. The third-order valence-electron chi connectivity index (χ3n) is 2.82. The molecule has 0 aromatic carbocycles. The Hall–Kier alpha value is -1.40. The van der Waals surface area contributed by atoms with Crippen LogP contribution in [0, 0.1) is 5.92 Å². The van der Waals surface area contributed by atoms with E-state index in [4.69, 9.17) is 16.3 Å². The molecule has 20 heavy (non-hydrogen) atoms. The zero-order valence-electron chi connectivity index (χ0n) is 11.7. The van der Waals surface area contributed by atoms with Crippen molar-refractivity contribution in [2.45, 2.75) is 45.3 Å². The third kappa shape index (κ3) is 3.80. The fraction of sp³-hybridized carbons (Fsp3) is 0.615. The molecule has 0 bridgehead atoms. The maximum absolute atomic E-state index is 11.8. The fourth-order valence-corrected chi connectivity index (χ4v) is 2.03. The zero-order chi connectivity index (χ0) is 14.9. The summed E-state index contributed by atoms with van der Waals surface area (Å²) in [4.78, 5) is 19.6. The topological polar surface area (TPSA) is 84.3 Å². The number of anilines is 1. The van der Waals surface area contributed by atoms with Gasteiger partial charge in [0.25, 0.3) is 0 Å². The van der Waals surface area contributed by atoms with Crippen LogP contribution in [0.2, 0.25) is 5.15 Å². The number of nitrogens with one attached hydrogen (secondary N) is 1. The molecule has 1 unspecified atom stereocenters. The van der Waals surface area contributed by atoms with Gasteiger partial charge in [-0.15, -0.1) is 0 Å². The molecule has 1 fully saturated rings. The summed E-state index contributed by atoms with van der Waals surface area (Å²) in [5.74, 6) is 0.344. The first-order chi connectivity index (χ1) is 9.28. The van der Waals surface area contributed by atoms with Crippen molar-refractivity contribution < 1.29 is 14.6 Å². The summed E-state index contributed by atoms with van der Waals surface area (Å²) in [5, 5.41) is 12.9. The Labute approximate surface area is 122 Å². The molecule has 1 amide bonds. The number of carbonyl (C=O) groups is 1. The van der Waals surface area contributed by atoms with Crippen LogP contribution in [0.4, 0.5) is 10.6 Å². The van der Waals surface area contributed by atoms with Crippen LogP contribution in [0.25, 0.3) is 0 Å². The third-order valence-corrected chi connectivity index (χ3v) is 3.12. The van der Waals surface area contributed by atoms with Gasteiger partial charge in [-0.1, -0.05) is 11.6 Å². The van der Waals surface area contributed by atoms with Gasteiger partial charge < -0.3 is 9.84 Å². The average Bonchev–Trinajstić information content (AvgIpc) is 3.09. The summed E-state index contributed by atoms with van der Waals surface area (Å²) in [6.45, 7) is 5.29. The van der Waals surface area contributed by atoms with E-state index in [0.717, 1.165) is 12.8 Å². The highest BCUT2D eigenvalue weighted by Gasteiger charge is 2.35. The Bertz CT molecular complexity index is 512. The monoisotopic (exact) mass is 299 g/mol. The largest absolute Gasteiger partial charge is 0.444 e. The van der Waals surface area contributed by atoms with E-state index in [1.165, 1.54) is 6.33 Å². The standard InChI is InChI=1S/C13H18ClN3O3/c1-13(2,3)20-12(19)17-11-8(9(18)7-4-5-7)10(14)15-6-16-11/h6-7,9,18H,4-5H2,1-3H3,(H,15,16,17,19). The Balaban J connectivity index is 2.19. The number of hydrogen-bond donors (Lipinski definition) is 2. The smallest absolute Gasteiger partial charge is 0.413 e. The van der Waals surface area contributed by atoms with Gasteiger partial charge in [0.15, 0.2) is 0 Å². The van der Waals surface area contributed by atoms with Crippen molar-refractivity contribution in [3.8, 4) is 0 Å². The summed E-state index contributed by atoms with van der Waals surface area (Å²) >= 11 is 6.01. The number of aromatic nitrogens is 2. The Morgan fingerprint density at radius 1 is 1.50 bits per heavy atom. The molecule has 6 nitrogen and oxygen atoms in total. The minimum absolute atomic E-state index is 0.144. The zero-order valence-corrected chi connectivity index (χ0v) is 12.4. The molecule has 1 aromatic heterocycles. The highest BCUT2D eigenvalue weighted by molar-refractivity contribution is 6.30. The summed E-state index contributed by atoms with van der Waals surface area (Å²) < 4.78 is 5.16. The molecule has 1 aromatic rings. The molecule has 0 radical (unpaired) electrons. The van der Waals surface area contributed by atoms with Gasteiger partial charge in [0, 0.05) is 0 Å². The lowest BCUT2D eigenvalue weighted by atomic mass is 10.1. The van der Waals surface area contributed by atoms with E-state index < -0.39 is 17.8 Å². The van der Waals surface area contributed by atoms with Gasteiger partial charge in [0.05, 0.1) is 11.7 Å². The lowest BCUT2D eigenvalue weighted by Crippen LogP contribution is -2.28. The Morgan fingerprint density at radius 2 is 2.15 bits per heavy atom. The molecule has 2 rings (SSSR count). The number of ether oxygens (including phenoxy) is 1. The fourth-order valence-electron chi connectivity index (χ4n) is 1.78. The first kappa shape index (κ1) is 15.0. The molecule has 7 heteroatoms. The highest BCUT2D eigenvalue weighted by atomic mass is 35.5. The number of aliphatic hydroxyl groups excluding tert-OH is 1. The van der Waals surface area contributed by atoms with Gasteiger partial charge in [0.2, 0.25) is 0 Å². The maximum Gasteiger partial charge on any atom is 0.413 e. The maximum atomic E-state index is 11.8. The van der Waals surface area contributed by atoms with E-state index in [1.807, 2.05) is 0 Å². The second kappa shape index (κ2) is 5.54. The predicted octanol–water partition coefficient (Wildman–Crippen LogP) is 2.92. The van der Waals surface area contributed by atoms with Gasteiger partial charge in [-0.05, 0) is 39.5 Å². The van der Waals surface area contributed by atoms with Crippen molar-refractivity contribution in [2.75, 3.05) is 5.32 Å². The van der Waals surface area contributed by atoms with Crippen LogP contribution in [-0.4, -0.2) is 26.8 Å². The van der Waals surface area contributed by atoms with Crippen molar-refractivity contribution in [1.82, 2.24) is 9.97 Å². The molecule has 110 valence electrons.